The number of carboxylic acids is 1. The summed E-state index contributed by atoms with van der Waals surface area (Å²) < 4.78 is 1.36. The van der Waals surface area contributed by atoms with Gasteiger partial charge in [0, 0.05) is 12.6 Å². The number of rotatable bonds is 5. The van der Waals surface area contributed by atoms with Crippen molar-refractivity contribution in [3.05, 3.63) is 11.9 Å². The minimum Gasteiger partial charge on any atom is -0.476 e. The van der Waals surface area contributed by atoms with Crippen molar-refractivity contribution in [2.45, 2.75) is 44.4 Å². The second kappa shape index (κ2) is 7.02. The van der Waals surface area contributed by atoms with Crippen LogP contribution in [0.4, 0.5) is 4.79 Å². The number of aromatic nitrogens is 3. The largest absolute Gasteiger partial charge is 0.476 e. The Morgan fingerprint density at radius 2 is 2.05 bits per heavy atom. The van der Waals surface area contributed by atoms with Crippen molar-refractivity contribution in [1.82, 2.24) is 25.6 Å². The van der Waals surface area contributed by atoms with Crippen LogP contribution < -0.4 is 10.6 Å². The third-order valence-electron chi connectivity index (χ3n) is 3.42. The van der Waals surface area contributed by atoms with Gasteiger partial charge in [-0.3, -0.25) is 0 Å². The highest BCUT2D eigenvalue weighted by atomic mass is 16.4. The van der Waals surface area contributed by atoms with Crippen molar-refractivity contribution >= 4 is 12.0 Å². The third kappa shape index (κ3) is 4.71. The van der Waals surface area contributed by atoms with E-state index in [1.165, 1.54) is 10.9 Å². The molecule has 0 aromatic carbocycles. The summed E-state index contributed by atoms with van der Waals surface area (Å²) >= 11 is 0. The SMILES string of the molecule is O=C(NCCn1cc(C(=O)O)nn1)NC1CCC(O)CC1. The van der Waals surface area contributed by atoms with Crippen molar-refractivity contribution in [2.75, 3.05) is 6.54 Å². The highest BCUT2D eigenvalue weighted by Gasteiger charge is 2.20. The Morgan fingerprint density at radius 1 is 1.33 bits per heavy atom. The van der Waals surface area contributed by atoms with E-state index < -0.39 is 5.97 Å². The second-order valence-electron chi connectivity index (χ2n) is 5.08. The van der Waals surface area contributed by atoms with Gasteiger partial charge >= 0.3 is 12.0 Å². The Kier molecular flexibility index (Phi) is 5.09. The standard InChI is InChI=1S/C12H19N5O4/c18-9-3-1-8(2-4-9)14-12(21)13-5-6-17-7-10(11(19)20)15-16-17/h7-9,18H,1-6H2,(H,19,20)(H2,13,14,21). The summed E-state index contributed by atoms with van der Waals surface area (Å²) in [6.07, 6.45) is 4.04. The molecule has 1 aliphatic carbocycles. The predicted molar refractivity (Wildman–Crippen MR) is 71.8 cm³/mol. The summed E-state index contributed by atoms with van der Waals surface area (Å²) in [7, 11) is 0. The van der Waals surface area contributed by atoms with E-state index in [0.29, 0.717) is 25.9 Å². The first-order chi connectivity index (χ1) is 10.0. The molecule has 9 heteroatoms. The molecule has 0 spiro atoms. The van der Waals surface area contributed by atoms with Crippen LogP contribution in [0.25, 0.3) is 0 Å². The number of urea groups is 1. The number of hydrogen-bond donors (Lipinski definition) is 4. The Morgan fingerprint density at radius 3 is 2.67 bits per heavy atom. The second-order valence-corrected chi connectivity index (χ2v) is 5.08. The molecule has 2 rings (SSSR count). The van der Waals surface area contributed by atoms with Gasteiger partial charge in [-0.2, -0.15) is 0 Å². The Balaban J connectivity index is 1.65. The van der Waals surface area contributed by atoms with E-state index >= 15 is 0 Å². The molecular formula is C12H19N5O4. The van der Waals surface area contributed by atoms with Crippen LogP contribution in [0.15, 0.2) is 6.20 Å². The predicted octanol–water partition coefficient (Wildman–Crippen LogP) is -0.421. The van der Waals surface area contributed by atoms with Crippen molar-refractivity contribution < 1.29 is 19.8 Å². The van der Waals surface area contributed by atoms with E-state index in [1.807, 2.05) is 0 Å². The molecule has 2 amide bonds. The molecule has 0 atom stereocenters. The fraction of sp³-hybridized carbons (Fsp3) is 0.667. The molecular weight excluding hydrogens is 278 g/mol. The van der Waals surface area contributed by atoms with Gasteiger partial charge in [0.25, 0.3) is 0 Å². The fourth-order valence-corrected chi connectivity index (χ4v) is 2.25. The minimum atomic E-state index is -1.13. The van der Waals surface area contributed by atoms with Crippen LogP contribution in [-0.2, 0) is 6.54 Å². The lowest BCUT2D eigenvalue weighted by atomic mass is 9.93. The van der Waals surface area contributed by atoms with Crippen molar-refractivity contribution in [1.29, 1.82) is 0 Å². The lowest BCUT2D eigenvalue weighted by Gasteiger charge is -2.26. The molecule has 21 heavy (non-hydrogen) atoms. The van der Waals surface area contributed by atoms with Gasteiger partial charge < -0.3 is 20.8 Å². The molecule has 116 valence electrons. The van der Waals surface area contributed by atoms with E-state index in [9.17, 15) is 14.7 Å². The van der Waals surface area contributed by atoms with E-state index in [2.05, 4.69) is 20.9 Å². The lowest BCUT2D eigenvalue weighted by molar-refractivity contribution is 0.0690. The molecule has 1 aliphatic rings. The molecule has 1 heterocycles. The van der Waals surface area contributed by atoms with Gasteiger partial charge in [0.1, 0.15) is 0 Å². The molecule has 0 aliphatic heterocycles. The van der Waals surface area contributed by atoms with Crippen LogP contribution in [0.2, 0.25) is 0 Å². The number of carbonyl (C=O) groups excluding carboxylic acids is 1. The van der Waals surface area contributed by atoms with Crippen LogP contribution in [-0.4, -0.2) is 55.9 Å². The van der Waals surface area contributed by atoms with Crippen molar-refractivity contribution in [2.24, 2.45) is 0 Å². The first-order valence-electron chi connectivity index (χ1n) is 6.90. The van der Waals surface area contributed by atoms with E-state index in [4.69, 9.17) is 5.11 Å². The van der Waals surface area contributed by atoms with Crippen LogP contribution in [0.3, 0.4) is 0 Å². The summed E-state index contributed by atoms with van der Waals surface area (Å²) in [6.45, 7) is 0.667. The zero-order chi connectivity index (χ0) is 15.2. The monoisotopic (exact) mass is 297 g/mol. The molecule has 0 unspecified atom stereocenters. The van der Waals surface area contributed by atoms with Gasteiger partial charge in [0.15, 0.2) is 5.69 Å². The highest BCUT2D eigenvalue weighted by molar-refractivity contribution is 5.84. The van der Waals surface area contributed by atoms with Crippen LogP contribution in [0.5, 0.6) is 0 Å². The van der Waals surface area contributed by atoms with Crippen molar-refractivity contribution in [3.8, 4) is 0 Å². The minimum absolute atomic E-state index is 0.0957. The maximum atomic E-state index is 11.7. The molecule has 4 N–H and O–H groups in total. The average Bonchev–Trinajstić information content (AvgIpc) is 2.90. The summed E-state index contributed by atoms with van der Waals surface area (Å²) in [5, 5.41) is 30.7. The molecule has 1 fully saturated rings. The first-order valence-corrected chi connectivity index (χ1v) is 6.90. The molecule has 0 bridgehead atoms. The highest BCUT2D eigenvalue weighted by Crippen LogP contribution is 2.17. The van der Waals surface area contributed by atoms with Gasteiger partial charge in [-0.15, -0.1) is 5.10 Å². The van der Waals surface area contributed by atoms with Crippen LogP contribution in [0, 0.1) is 0 Å². The fourth-order valence-electron chi connectivity index (χ4n) is 2.25. The number of aliphatic hydroxyl groups excluding tert-OH is 1. The number of carbonyl (C=O) groups is 2. The van der Waals surface area contributed by atoms with Gasteiger partial charge in [0.05, 0.1) is 18.8 Å². The van der Waals surface area contributed by atoms with Gasteiger partial charge in [-0.1, -0.05) is 5.21 Å². The number of amides is 2. The summed E-state index contributed by atoms with van der Waals surface area (Å²) in [5.41, 5.74) is -0.125. The zero-order valence-corrected chi connectivity index (χ0v) is 11.5. The molecule has 1 aromatic heterocycles. The smallest absolute Gasteiger partial charge is 0.358 e. The van der Waals surface area contributed by atoms with E-state index in [0.717, 1.165) is 12.8 Å². The number of nitrogens with one attached hydrogen (secondary N) is 2. The van der Waals surface area contributed by atoms with Crippen LogP contribution >= 0.6 is 0 Å². The maximum Gasteiger partial charge on any atom is 0.358 e. The topological polar surface area (TPSA) is 129 Å². The third-order valence-corrected chi connectivity index (χ3v) is 3.42. The Hall–Kier alpha value is -2.16. The molecule has 9 nitrogen and oxygen atoms in total. The van der Waals surface area contributed by atoms with Crippen LogP contribution in [0.1, 0.15) is 36.2 Å². The normalized spacial score (nSPS) is 21.8. The molecule has 0 radical (unpaired) electrons. The Labute approximate surface area is 121 Å². The van der Waals surface area contributed by atoms with E-state index in [-0.39, 0.29) is 23.9 Å². The maximum absolute atomic E-state index is 11.7. The van der Waals surface area contributed by atoms with Gasteiger partial charge in [-0.05, 0) is 25.7 Å². The number of aromatic carboxylic acids is 1. The molecule has 0 saturated heterocycles. The number of aliphatic hydroxyl groups is 1. The van der Waals surface area contributed by atoms with Crippen molar-refractivity contribution in [3.63, 3.8) is 0 Å². The average molecular weight is 297 g/mol. The lowest BCUT2D eigenvalue weighted by Crippen LogP contribution is -2.44. The first kappa shape index (κ1) is 15.2. The summed E-state index contributed by atoms with van der Waals surface area (Å²) in [5.74, 6) is -1.13. The Bertz CT molecular complexity index is 496. The van der Waals surface area contributed by atoms with Gasteiger partial charge in [-0.25, -0.2) is 14.3 Å². The molecule has 1 aromatic rings. The summed E-state index contributed by atoms with van der Waals surface area (Å²) in [6, 6.07) is -0.173. The zero-order valence-electron chi connectivity index (χ0n) is 11.5. The number of hydrogen-bond acceptors (Lipinski definition) is 5. The quantitative estimate of drug-likeness (QED) is 0.584. The number of nitrogens with zero attached hydrogens (tertiary/aromatic N) is 3. The van der Waals surface area contributed by atoms with Gasteiger partial charge in [0.2, 0.25) is 0 Å². The number of carboxylic acid groups (broad SMARTS) is 1. The molecule has 1 saturated carbocycles. The van der Waals surface area contributed by atoms with E-state index in [1.54, 1.807) is 0 Å². The summed E-state index contributed by atoms with van der Waals surface area (Å²) in [4.78, 5) is 22.3.